The summed E-state index contributed by atoms with van der Waals surface area (Å²) in [4.78, 5) is 2.94. The highest BCUT2D eigenvalue weighted by atomic mass is 19.4. The number of rotatable bonds is 2. The fourth-order valence-corrected chi connectivity index (χ4v) is 0.348. The van der Waals surface area contributed by atoms with Crippen molar-refractivity contribution in [1.29, 1.82) is 0 Å². The van der Waals surface area contributed by atoms with Gasteiger partial charge in [0.15, 0.2) is 0 Å². The van der Waals surface area contributed by atoms with Crippen LogP contribution in [0.15, 0.2) is 0 Å². The topological polar surface area (TPSA) is 18.5 Å². The highest BCUT2D eigenvalue weighted by molar-refractivity contribution is 4.84. The van der Waals surface area contributed by atoms with Crippen LogP contribution in [-0.2, 0) is 9.88 Å². The zero-order valence-corrected chi connectivity index (χ0v) is 5.34. The molecule has 0 aliphatic carbocycles. The highest BCUT2D eigenvalue weighted by Gasteiger charge is 2.77. The maximum atomic E-state index is 11.4. The first-order chi connectivity index (χ1) is 5.62. The van der Waals surface area contributed by atoms with E-state index in [1.165, 1.54) is 9.88 Å². The van der Waals surface area contributed by atoms with Crippen LogP contribution in [0, 0.1) is 0 Å². The van der Waals surface area contributed by atoms with Gasteiger partial charge in [-0.2, -0.15) is 26.3 Å². The lowest BCUT2D eigenvalue weighted by Crippen LogP contribution is -2.58. The van der Waals surface area contributed by atoms with Gasteiger partial charge in [0, 0.05) is 0 Å². The molecule has 2 nitrogen and oxygen atoms in total. The second kappa shape index (κ2) is 3.25. The molecule has 0 saturated heterocycles. The largest absolute Gasteiger partial charge is 0.459 e. The molecule has 0 rings (SSSR count). The van der Waals surface area contributed by atoms with E-state index in [-0.39, 0.29) is 0 Å². The van der Waals surface area contributed by atoms with Gasteiger partial charge in [-0.1, -0.05) is 0 Å². The molecule has 0 fully saturated rings. The molecular weight excluding hydrogens is 220 g/mol. The van der Waals surface area contributed by atoms with Crippen LogP contribution >= 0.6 is 0 Å². The molecule has 0 N–H and O–H groups in total. The molecule has 0 amide bonds. The van der Waals surface area contributed by atoms with E-state index >= 15 is 0 Å². The molecule has 0 radical (unpaired) electrons. The van der Waals surface area contributed by atoms with E-state index in [9.17, 15) is 35.4 Å². The number of hydrogen-bond donors (Lipinski definition) is 0. The van der Waals surface area contributed by atoms with Crippen LogP contribution in [0.4, 0.5) is 35.4 Å². The average Bonchev–Trinajstić information content (AvgIpc) is 1.84. The average molecular weight is 220 g/mol. The molecule has 0 bridgehead atoms. The maximum Gasteiger partial charge on any atom is 0.459 e. The van der Waals surface area contributed by atoms with E-state index in [0.29, 0.717) is 0 Å². The summed E-state index contributed by atoms with van der Waals surface area (Å²) >= 11 is 0. The van der Waals surface area contributed by atoms with E-state index in [1.807, 2.05) is 0 Å². The monoisotopic (exact) mass is 220 g/mol. The van der Waals surface area contributed by atoms with Crippen LogP contribution in [0.25, 0.3) is 0 Å². The second-order valence-corrected chi connectivity index (χ2v) is 1.77. The van der Waals surface area contributed by atoms with Gasteiger partial charge in [0.1, 0.15) is 0 Å². The Hall–Kier alpha value is -0.640. The van der Waals surface area contributed by atoms with Crippen molar-refractivity contribution in [2.75, 3.05) is 0 Å². The lowest BCUT2D eigenvalue weighted by molar-refractivity contribution is -0.551. The summed E-state index contributed by atoms with van der Waals surface area (Å²) < 4.78 is 90.5. The Balaban J connectivity index is 5.17. The molecule has 0 aromatic carbocycles. The molecule has 0 unspecified atom stereocenters. The number of halogens is 8. The van der Waals surface area contributed by atoms with Crippen molar-refractivity contribution in [2.45, 2.75) is 18.1 Å². The molecule has 0 aromatic heterocycles. The van der Waals surface area contributed by atoms with Crippen molar-refractivity contribution >= 4 is 0 Å². The van der Waals surface area contributed by atoms with Crippen molar-refractivity contribution in [3.8, 4) is 0 Å². The first-order valence-electron chi connectivity index (χ1n) is 2.35. The Kier molecular flexibility index (Phi) is 3.09. The van der Waals surface area contributed by atoms with Gasteiger partial charge in [-0.25, -0.2) is 0 Å². The van der Waals surface area contributed by atoms with Crippen molar-refractivity contribution in [3.63, 3.8) is 0 Å². The highest BCUT2D eigenvalue weighted by Crippen LogP contribution is 2.47. The van der Waals surface area contributed by atoms with Crippen LogP contribution in [-0.4, -0.2) is 18.1 Å². The van der Waals surface area contributed by atoms with Crippen molar-refractivity contribution < 1.29 is 45.3 Å². The maximum absolute atomic E-state index is 11.4. The molecule has 0 spiro atoms. The molecular formula is C3F8O2. The minimum atomic E-state index is -6.42. The van der Waals surface area contributed by atoms with Gasteiger partial charge in [0.05, 0.1) is 0 Å². The number of hydrogen-bond acceptors (Lipinski definition) is 2. The molecule has 0 heterocycles. The van der Waals surface area contributed by atoms with Crippen LogP contribution in [0.1, 0.15) is 0 Å². The van der Waals surface area contributed by atoms with Gasteiger partial charge in [-0.3, -0.25) is 0 Å². The van der Waals surface area contributed by atoms with Gasteiger partial charge in [-0.15, -0.1) is 9.88 Å². The van der Waals surface area contributed by atoms with Gasteiger partial charge in [-0.05, 0) is 9.05 Å². The SMILES string of the molecule is FOC(OF)(C(F)(F)F)C(F)(F)F. The van der Waals surface area contributed by atoms with E-state index in [0.717, 1.165) is 0 Å². The van der Waals surface area contributed by atoms with E-state index in [1.54, 1.807) is 0 Å². The third-order valence-electron chi connectivity index (χ3n) is 0.964. The molecule has 80 valence electrons. The predicted octanol–water partition coefficient (Wildman–Crippen LogP) is 2.61. The zero-order valence-electron chi connectivity index (χ0n) is 5.34. The van der Waals surface area contributed by atoms with E-state index < -0.39 is 18.1 Å². The Morgan fingerprint density at radius 3 is 0.846 bits per heavy atom. The lowest BCUT2D eigenvalue weighted by atomic mass is 10.2. The van der Waals surface area contributed by atoms with Crippen LogP contribution in [0.5, 0.6) is 0 Å². The Morgan fingerprint density at radius 1 is 0.615 bits per heavy atom. The van der Waals surface area contributed by atoms with Crippen molar-refractivity contribution in [3.05, 3.63) is 0 Å². The molecule has 10 heteroatoms. The number of alkyl halides is 6. The minimum Gasteiger partial charge on any atom is -0.165 e. The fourth-order valence-electron chi connectivity index (χ4n) is 0.348. The quantitative estimate of drug-likeness (QED) is 0.526. The minimum absolute atomic E-state index is 1.47. The third-order valence-corrected chi connectivity index (χ3v) is 0.964. The molecule has 0 aromatic rings. The predicted molar refractivity (Wildman–Crippen MR) is 19.2 cm³/mol. The molecule has 0 atom stereocenters. The fraction of sp³-hybridized carbons (Fsp3) is 1.00. The van der Waals surface area contributed by atoms with Crippen molar-refractivity contribution in [1.82, 2.24) is 0 Å². The summed E-state index contributed by atoms with van der Waals surface area (Å²) in [7, 11) is 0. The van der Waals surface area contributed by atoms with Crippen LogP contribution in [0.3, 0.4) is 0 Å². The summed E-state index contributed by atoms with van der Waals surface area (Å²) in [5.41, 5.74) is 0. The van der Waals surface area contributed by atoms with Crippen molar-refractivity contribution in [2.24, 2.45) is 0 Å². The lowest BCUT2D eigenvalue weighted by Gasteiger charge is -2.27. The smallest absolute Gasteiger partial charge is 0.165 e. The molecule has 13 heavy (non-hydrogen) atoms. The molecule has 0 saturated carbocycles. The normalized spacial score (nSPS) is 14.8. The summed E-state index contributed by atoms with van der Waals surface area (Å²) in [6.45, 7) is 0. The standard InChI is InChI=1S/C3F8O2/c4-2(5,6)1(12-10,13-11)3(7,8)9. The Morgan fingerprint density at radius 2 is 0.846 bits per heavy atom. The van der Waals surface area contributed by atoms with Gasteiger partial charge >= 0.3 is 18.1 Å². The second-order valence-electron chi connectivity index (χ2n) is 1.77. The summed E-state index contributed by atoms with van der Waals surface area (Å²) in [6.07, 6.45) is -12.8. The van der Waals surface area contributed by atoms with Gasteiger partial charge < -0.3 is 0 Å². The zero-order chi connectivity index (χ0) is 10.9. The van der Waals surface area contributed by atoms with Gasteiger partial charge in [0.2, 0.25) is 0 Å². The molecule has 0 aliphatic rings. The molecule has 0 aliphatic heterocycles. The third kappa shape index (κ3) is 1.82. The summed E-state index contributed by atoms with van der Waals surface area (Å²) in [5.74, 6) is -5.88. The first kappa shape index (κ1) is 12.4. The van der Waals surface area contributed by atoms with E-state index in [2.05, 4.69) is 0 Å². The Bertz CT molecular complexity index is 149. The van der Waals surface area contributed by atoms with E-state index in [4.69, 9.17) is 0 Å². The van der Waals surface area contributed by atoms with Crippen LogP contribution in [0.2, 0.25) is 0 Å². The van der Waals surface area contributed by atoms with Crippen LogP contribution < -0.4 is 0 Å². The van der Waals surface area contributed by atoms with Gasteiger partial charge in [0.25, 0.3) is 0 Å². The summed E-state index contributed by atoms with van der Waals surface area (Å²) in [5, 5.41) is 0. The Labute approximate surface area is 64.8 Å². The summed E-state index contributed by atoms with van der Waals surface area (Å²) in [6, 6.07) is 0. The first-order valence-corrected chi connectivity index (χ1v) is 2.35.